The summed E-state index contributed by atoms with van der Waals surface area (Å²) >= 11 is 0. The van der Waals surface area contributed by atoms with Gasteiger partial charge in [-0.25, -0.2) is 0 Å². The number of piperidine rings is 1. The number of carbonyl (C=O) groups excluding carboxylic acids is 1. The molecule has 0 aromatic heterocycles. The highest BCUT2D eigenvalue weighted by Crippen LogP contribution is 2.36. The molecule has 1 spiro atoms. The predicted molar refractivity (Wildman–Crippen MR) is 120 cm³/mol. The molecule has 2 atom stereocenters. The van der Waals surface area contributed by atoms with Crippen molar-refractivity contribution in [3.05, 3.63) is 35.4 Å². The maximum Gasteiger partial charge on any atom is 0.220 e. The summed E-state index contributed by atoms with van der Waals surface area (Å²) in [6.45, 7) is 6.63. The quantitative estimate of drug-likeness (QED) is 0.396. The minimum Gasteiger partial charge on any atom is -0.357 e. The van der Waals surface area contributed by atoms with E-state index < -0.39 is 0 Å². The van der Waals surface area contributed by atoms with Crippen molar-refractivity contribution < 1.29 is 4.79 Å². The van der Waals surface area contributed by atoms with Gasteiger partial charge < -0.3 is 15.5 Å². The number of aliphatic imine (C=N–C) groups is 1. The molecule has 0 bridgehead atoms. The Morgan fingerprint density at radius 1 is 1.41 bits per heavy atom. The Morgan fingerprint density at radius 2 is 2.26 bits per heavy atom. The number of fused-ring (bicyclic) bond motifs is 1. The lowest BCUT2D eigenvalue weighted by atomic mass is 9.79. The number of likely N-dealkylation sites (tertiary alicyclic amines) is 1. The maximum absolute atomic E-state index is 11.8. The van der Waals surface area contributed by atoms with Crippen molar-refractivity contribution in [1.82, 2.24) is 15.5 Å². The second-order valence-electron chi connectivity index (χ2n) is 8.11. The number of nitrogens with one attached hydrogen (secondary N) is 2. The van der Waals surface area contributed by atoms with E-state index in [1.807, 2.05) is 0 Å². The van der Waals surface area contributed by atoms with Crippen LogP contribution in [0.25, 0.3) is 0 Å². The van der Waals surface area contributed by atoms with Crippen LogP contribution in [-0.4, -0.2) is 49.5 Å². The number of guanidine groups is 1. The zero-order chi connectivity index (χ0) is 18.0. The molecule has 6 heteroatoms. The van der Waals surface area contributed by atoms with Crippen LogP contribution >= 0.6 is 24.0 Å². The normalized spacial score (nSPS) is 27.3. The third kappa shape index (κ3) is 4.41. The lowest BCUT2D eigenvalue weighted by Crippen LogP contribution is -2.51. The van der Waals surface area contributed by atoms with Gasteiger partial charge in [0.1, 0.15) is 0 Å². The first-order valence-electron chi connectivity index (χ1n) is 10.1. The highest BCUT2D eigenvalue weighted by molar-refractivity contribution is 14.0. The van der Waals surface area contributed by atoms with E-state index in [1.165, 1.54) is 24.0 Å². The first-order chi connectivity index (χ1) is 12.7. The molecule has 4 rings (SSSR count). The molecule has 0 radical (unpaired) electrons. The van der Waals surface area contributed by atoms with Crippen LogP contribution in [-0.2, 0) is 11.2 Å². The molecule has 0 saturated carbocycles. The van der Waals surface area contributed by atoms with Crippen LogP contribution in [0.3, 0.4) is 0 Å². The third-order valence-electron chi connectivity index (χ3n) is 6.21. The van der Waals surface area contributed by atoms with Gasteiger partial charge in [-0.2, -0.15) is 0 Å². The summed E-state index contributed by atoms with van der Waals surface area (Å²) in [6.07, 6.45) is 5.31. The van der Waals surface area contributed by atoms with Gasteiger partial charge in [-0.1, -0.05) is 24.3 Å². The van der Waals surface area contributed by atoms with Crippen LogP contribution in [0, 0.1) is 5.41 Å². The Bertz CT molecular complexity index is 707. The summed E-state index contributed by atoms with van der Waals surface area (Å²) in [7, 11) is 0. The van der Waals surface area contributed by atoms with Crippen molar-refractivity contribution in [3.63, 3.8) is 0 Å². The molecule has 2 fully saturated rings. The van der Waals surface area contributed by atoms with Gasteiger partial charge in [-0.3, -0.25) is 9.79 Å². The highest BCUT2D eigenvalue weighted by atomic mass is 127. The van der Waals surface area contributed by atoms with E-state index in [-0.39, 0.29) is 35.3 Å². The Kier molecular flexibility index (Phi) is 6.65. The Morgan fingerprint density at radius 3 is 3.04 bits per heavy atom. The molecule has 2 N–H and O–H groups in total. The smallest absolute Gasteiger partial charge is 0.220 e. The van der Waals surface area contributed by atoms with E-state index in [1.54, 1.807) is 0 Å². The molecule has 2 aliphatic heterocycles. The number of aryl methyl sites for hydroxylation is 1. The van der Waals surface area contributed by atoms with Crippen LogP contribution < -0.4 is 10.6 Å². The number of hydrogen-bond donors (Lipinski definition) is 2. The number of benzene rings is 1. The van der Waals surface area contributed by atoms with E-state index >= 15 is 0 Å². The van der Waals surface area contributed by atoms with Gasteiger partial charge in [0, 0.05) is 50.5 Å². The van der Waals surface area contributed by atoms with Crippen LogP contribution in [0.5, 0.6) is 0 Å². The average molecular weight is 482 g/mol. The summed E-state index contributed by atoms with van der Waals surface area (Å²) in [4.78, 5) is 19.2. The second kappa shape index (κ2) is 8.80. The number of amides is 1. The van der Waals surface area contributed by atoms with E-state index in [4.69, 9.17) is 4.99 Å². The van der Waals surface area contributed by atoms with Crippen molar-refractivity contribution in [1.29, 1.82) is 0 Å². The van der Waals surface area contributed by atoms with Crippen molar-refractivity contribution in [2.45, 2.75) is 44.9 Å². The van der Waals surface area contributed by atoms with E-state index in [9.17, 15) is 4.79 Å². The third-order valence-corrected chi connectivity index (χ3v) is 6.21. The van der Waals surface area contributed by atoms with Crippen LogP contribution in [0.1, 0.15) is 49.7 Å². The Hall–Kier alpha value is -1.31. The zero-order valence-corrected chi connectivity index (χ0v) is 18.5. The van der Waals surface area contributed by atoms with Crippen LogP contribution in [0.4, 0.5) is 0 Å². The molecule has 2 saturated heterocycles. The molecule has 2 heterocycles. The topological polar surface area (TPSA) is 56.7 Å². The first-order valence-corrected chi connectivity index (χ1v) is 10.1. The fraction of sp³-hybridized carbons (Fsp3) is 0.619. The standard InChI is InChI=1S/C21H30N4O.HI/c1-2-22-20(23-13-17-9-8-16-6-3-4-7-18(16)17)25-11-5-10-21(15-25)12-19(26)24-14-21;/h3-4,6-7,17H,2,5,8-15H2,1H3,(H,22,23)(H,24,26);1H. The number of rotatable bonds is 3. The Balaban J connectivity index is 0.00000210. The molecular weight excluding hydrogens is 451 g/mol. The lowest BCUT2D eigenvalue weighted by molar-refractivity contribution is -0.119. The lowest BCUT2D eigenvalue weighted by Gasteiger charge is -2.41. The molecule has 1 aromatic carbocycles. The second-order valence-corrected chi connectivity index (χ2v) is 8.11. The van der Waals surface area contributed by atoms with Gasteiger partial charge in [0.2, 0.25) is 5.91 Å². The maximum atomic E-state index is 11.8. The average Bonchev–Trinajstić information content (AvgIpc) is 3.22. The summed E-state index contributed by atoms with van der Waals surface area (Å²) in [6, 6.07) is 8.80. The van der Waals surface area contributed by atoms with Crippen molar-refractivity contribution in [2.75, 3.05) is 32.7 Å². The molecular formula is C21H31IN4O. The van der Waals surface area contributed by atoms with Gasteiger partial charge >= 0.3 is 0 Å². The van der Waals surface area contributed by atoms with Gasteiger partial charge in [0.25, 0.3) is 0 Å². The minimum atomic E-state index is 0. The molecule has 2 unspecified atom stereocenters. The van der Waals surface area contributed by atoms with E-state index in [0.717, 1.165) is 51.5 Å². The fourth-order valence-corrected chi connectivity index (χ4v) is 4.89. The summed E-state index contributed by atoms with van der Waals surface area (Å²) in [5.74, 6) is 1.76. The monoisotopic (exact) mass is 482 g/mol. The van der Waals surface area contributed by atoms with E-state index in [2.05, 4.69) is 46.7 Å². The molecule has 1 aliphatic carbocycles. The summed E-state index contributed by atoms with van der Waals surface area (Å²) < 4.78 is 0. The number of hydrogen-bond acceptors (Lipinski definition) is 2. The number of carbonyl (C=O) groups is 1. The van der Waals surface area contributed by atoms with Crippen molar-refractivity contribution in [2.24, 2.45) is 10.4 Å². The molecule has 1 aromatic rings. The Labute approximate surface area is 179 Å². The fourth-order valence-electron chi connectivity index (χ4n) is 4.89. The van der Waals surface area contributed by atoms with Crippen molar-refractivity contribution in [3.8, 4) is 0 Å². The summed E-state index contributed by atoms with van der Waals surface area (Å²) in [5, 5.41) is 6.52. The number of halogens is 1. The van der Waals surface area contributed by atoms with Gasteiger partial charge in [0.05, 0.1) is 0 Å². The molecule has 27 heavy (non-hydrogen) atoms. The minimum absolute atomic E-state index is 0. The molecule has 3 aliphatic rings. The predicted octanol–water partition coefficient (Wildman–Crippen LogP) is 2.90. The zero-order valence-electron chi connectivity index (χ0n) is 16.2. The largest absolute Gasteiger partial charge is 0.357 e. The van der Waals surface area contributed by atoms with E-state index in [0.29, 0.717) is 12.3 Å². The van der Waals surface area contributed by atoms with Crippen LogP contribution in [0.2, 0.25) is 0 Å². The molecule has 148 valence electrons. The number of nitrogens with zero attached hydrogens (tertiary/aromatic N) is 2. The first kappa shape index (κ1) is 20.4. The van der Waals surface area contributed by atoms with Crippen LogP contribution in [0.15, 0.2) is 29.3 Å². The summed E-state index contributed by atoms with van der Waals surface area (Å²) in [5.41, 5.74) is 3.07. The van der Waals surface area contributed by atoms with Crippen molar-refractivity contribution >= 4 is 35.8 Å². The van der Waals surface area contributed by atoms with Gasteiger partial charge in [-0.05, 0) is 43.7 Å². The molecule has 5 nitrogen and oxygen atoms in total. The van der Waals surface area contributed by atoms with Gasteiger partial charge in [-0.15, -0.1) is 24.0 Å². The van der Waals surface area contributed by atoms with Gasteiger partial charge in [0.15, 0.2) is 5.96 Å². The highest BCUT2D eigenvalue weighted by Gasteiger charge is 2.42. The SMILES string of the molecule is CCNC(=NCC1CCc2ccccc21)N1CCCC2(CNC(=O)C2)C1.I. The molecule has 1 amide bonds.